The van der Waals surface area contributed by atoms with Gasteiger partial charge < -0.3 is 19.1 Å². The summed E-state index contributed by atoms with van der Waals surface area (Å²) < 4.78 is 16.5. The van der Waals surface area contributed by atoms with Crippen LogP contribution in [0, 0.1) is 0 Å². The summed E-state index contributed by atoms with van der Waals surface area (Å²) >= 11 is 0. The number of hydrogen-bond donors (Lipinski definition) is 0. The van der Waals surface area contributed by atoms with Gasteiger partial charge in [-0.15, -0.1) is 0 Å². The van der Waals surface area contributed by atoms with Crippen molar-refractivity contribution in [1.82, 2.24) is 14.8 Å². The lowest BCUT2D eigenvalue weighted by atomic mass is 10.1. The topological polar surface area (TPSA) is 64.1 Å². The molecule has 7 heteroatoms. The minimum atomic E-state index is -0.0902. The zero-order valence-electron chi connectivity index (χ0n) is 19.3. The predicted molar refractivity (Wildman–Crippen MR) is 128 cm³/mol. The molecular formula is C26H31N3O4. The second-order valence-electron chi connectivity index (χ2n) is 8.08. The zero-order chi connectivity index (χ0) is 23.0. The molecule has 0 atom stereocenters. The molecule has 1 aliphatic rings. The Morgan fingerprint density at radius 2 is 1.85 bits per heavy atom. The highest BCUT2D eigenvalue weighted by Crippen LogP contribution is 2.31. The highest BCUT2D eigenvalue weighted by atomic mass is 16.5. The van der Waals surface area contributed by atoms with E-state index in [0.717, 1.165) is 55.7 Å². The molecular weight excluding hydrogens is 418 g/mol. The third-order valence-electron chi connectivity index (χ3n) is 5.96. The normalized spacial score (nSPS) is 14.2. The maximum atomic E-state index is 13.6. The molecule has 33 heavy (non-hydrogen) atoms. The maximum absolute atomic E-state index is 13.6. The fourth-order valence-corrected chi connectivity index (χ4v) is 4.19. The van der Waals surface area contributed by atoms with Gasteiger partial charge in [0, 0.05) is 43.7 Å². The molecule has 0 spiro atoms. The average molecular weight is 450 g/mol. The minimum Gasteiger partial charge on any atom is -0.493 e. The lowest BCUT2D eigenvalue weighted by molar-refractivity contribution is 0.0355. The van der Waals surface area contributed by atoms with E-state index in [1.165, 1.54) is 0 Å². The van der Waals surface area contributed by atoms with E-state index in [9.17, 15) is 4.79 Å². The predicted octanol–water partition coefficient (Wildman–Crippen LogP) is 3.62. The molecule has 1 aromatic heterocycles. The first-order valence-electron chi connectivity index (χ1n) is 11.3. The van der Waals surface area contributed by atoms with Crippen LogP contribution in [-0.2, 0) is 11.3 Å². The van der Waals surface area contributed by atoms with Crippen molar-refractivity contribution in [2.45, 2.75) is 13.0 Å². The molecule has 0 bridgehead atoms. The molecule has 4 rings (SSSR count). The summed E-state index contributed by atoms with van der Waals surface area (Å²) in [4.78, 5) is 22.5. The monoisotopic (exact) mass is 449 g/mol. The number of carbonyl (C=O) groups excluding carboxylic acids is 1. The number of amides is 1. The Kier molecular flexibility index (Phi) is 7.75. The van der Waals surface area contributed by atoms with Crippen LogP contribution in [0.1, 0.15) is 22.5 Å². The van der Waals surface area contributed by atoms with Crippen LogP contribution in [0.3, 0.4) is 0 Å². The molecule has 0 radical (unpaired) electrons. The van der Waals surface area contributed by atoms with Crippen molar-refractivity contribution in [2.75, 3.05) is 53.6 Å². The lowest BCUT2D eigenvalue weighted by Gasteiger charge is -2.28. The van der Waals surface area contributed by atoms with Gasteiger partial charge in [-0.05, 0) is 24.6 Å². The SMILES string of the molecule is COc1cccc(CN(CCCN2CCOCC2)C(=O)c2ccc3ccccc3n2)c1OC. The van der Waals surface area contributed by atoms with Crippen molar-refractivity contribution < 1.29 is 19.0 Å². The van der Waals surface area contributed by atoms with Gasteiger partial charge in [0.1, 0.15) is 5.69 Å². The number of methoxy groups -OCH3 is 2. The van der Waals surface area contributed by atoms with Gasteiger partial charge >= 0.3 is 0 Å². The van der Waals surface area contributed by atoms with E-state index in [2.05, 4.69) is 9.88 Å². The molecule has 1 saturated heterocycles. The van der Waals surface area contributed by atoms with E-state index < -0.39 is 0 Å². The number of morpholine rings is 1. The molecule has 1 fully saturated rings. The van der Waals surface area contributed by atoms with Crippen molar-refractivity contribution in [2.24, 2.45) is 0 Å². The number of pyridine rings is 1. The largest absolute Gasteiger partial charge is 0.493 e. The first-order valence-corrected chi connectivity index (χ1v) is 11.3. The third-order valence-corrected chi connectivity index (χ3v) is 5.96. The van der Waals surface area contributed by atoms with Crippen LogP contribution >= 0.6 is 0 Å². The van der Waals surface area contributed by atoms with Crippen molar-refractivity contribution in [1.29, 1.82) is 0 Å². The highest BCUT2D eigenvalue weighted by molar-refractivity contribution is 5.95. The molecule has 2 heterocycles. The summed E-state index contributed by atoms with van der Waals surface area (Å²) in [5, 5.41) is 1.02. The van der Waals surface area contributed by atoms with Crippen molar-refractivity contribution >= 4 is 16.8 Å². The Labute approximate surface area is 194 Å². The molecule has 0 aliphatic carbocycles. The van der Waals surface area contributed by atoms with Crippen LogP contribution in [0.25, 0.3) is 10.9 Å². The Morgan fingerprint density at radius 1 is 1.03 bits per heavy atom. The number of para-hydroxylation sites is 2. The van der Waals surface area contributed by atoms with E-state index in [0.29, 0.717) is 30.3 Å². The van der Waals surface area contributed by atoms with Crippen LogP contribution in [0.15, 0.2) is 54.6 Å². The number of fused-ring (bicyclic) bond motifs is 1. The fourth-order valence-electron chi connectivity index (χ4n) is 4.19. The Morgan fingerprint density at radius 3 is 2.64 bits per heavy atom. The van der Waals surface area contributed by atoms with Crippen LogP contribution in [-0.4, -0.2) is 74.3 Å². The maximum Gasteiger partial charge on any atom is 0.272 e. The quantitative estimate of drug-likeness (QED) is 0.497. The number of ether oxygens (including phenoxy) is 3. The Balaban J connectivity index is 1.56. The van der Waals surface area contributed by atoms with Gasteiger partial charge in [-0.25, -0.2) is 4.98 Å². The molecule has 2 aromatic carbocycles. The second kappa shape index (κ2) is 11.1. The van der Waals surface area contributed by atoms with Gasteiger partial charge in [0.2, 0.25) is 0 Å². The average Bonchev–Trinajstić information content (AvgIpc) is 2.87. The summed E-state index contributed by atoms with van der Waals surface area (Å²) in [7, 11) is 3.24. The van der Waals surface area contributed by atoms with Gasteiger partial charge in [-0.2, -0.15) is 0 Å². The molecule has 0 N–H and O–H groups in total. The standard InChI is InChI=1S/C26H31N3O4/c1-31-24-10-5-8-21(25(24)32-2)19-29(14-6-13-28-15-17-33-18-16-28)26(30)23-12-11-20-7-3-4-9-22(20)27-23/h3-5,7-12H,6,13-19H2,1-2H3. The lowest BCUT2D eigenvalue weighted by Crippen LogP contribution is -2.39. The molecule has 7 nitrogen and oxygen atoms in total. The van der Waals surface area contributed by atoms with Crippen molar-refractivity contribution in [3.63, 3.8) is 0 Å². The van der Waals surface area contributed by atoms with Crippen LogP contribution in [0.4, 0.5) is 0 Å². The number of nitrogens with zero attached hydrogens (tertiary/aromatic N) is 3. The zero-order valence-corrected chi connectivity index (χ0v) is 19.3. The van der Waals surface area contributed by atoms with Crippen molar-refractivity contribution in [3.8, 4) is 11.5 Å². The number of aromatic nitrogens is 1. The molecule has 174 valence electrons. The van der Waals surface area contributed by atoms with Crippen LogP contribution < -0.4 is 9.47 Å². The Bertz CT molecular complexity index is 1080. The summed E-state index contributed by atoms with van der Waals surface area (Å²) in [5.41, 5.74) is 2.16. The molecule has 3 aromatic rings. The van der Waals surface area contributed by atoms with E-state index in [-0.39, 0.29) is 5.91 Å². The van der Waals surface area contributed by atoms with Gasteiger partial charge in [-0.1, -0.05) is 36.4 Å². The smallest absolute Gasteiger partial charge is 0.272 e. The van der Waals surface area contributed by atoms with Crippen molar-refractivity contribution in [3.05, 3.63) is 65.9 Å². The number of hydrogen-bond acceptors (Lipinski definition) is 6. The van der Waals surface area contributed by atoms with Crippen LogP contribution in [0.5, 0.6) is 11.5 Å². The summed E-state index contributed by atoms with van der Waals surface area (Å²) in [6.45, 7) is 5.36. The fraction of sp³-hybridized carbons (Fsp3) is 0.385. The number of carbonyl (C=O) groups is 1. The summed E-state index contributed by atoms with van der Waals surface area (Å²) in [6.07, 6.45) is 0.867. The minimum absolute atomic E-state index is 0.0902. The number of rotatable bonds is 9. The molecule has 1 amide bonds. The number of benzene rings is 2. The molecule has 0 unspecified atom stereocenters. The second-order valence-corrected chi connectivity index (χ2v) is 8.08. The van der Waals surface area contributed by atoms with E-state index in [4.69, 9.17) is 14.2 Å². The van der Waals surface area contributed by atoms with Gasteiger partial charge in [-0.3, -0.25) is 9.69 Å². The van der Waals surface area contributed by atoms with Crippen LogP contribution in [0.2, 0.25) is 0 Å². The van der Waals surface area contributed by atoms with E-state index >= 15 is 0 Å². The Hall–Kier alpha value is -3.16. The van der Waals surface area contributed by atoms with Gasteiger partial charge in [0.05, 0.1) is 33.0 Å². The first-order chi connectivity index (χ1) is 16.2. The summed E-state index contributed by atoms with van der Waals surface area (Å²) in [6, 6.07) is 17.3. The third kappa shape index (κ3) is 5.61. The molecule has 1 aliphatic heterocycles. The van der Waals surface area contributed by atoms with Gasteiger partial charge in [0.15, 0.2) is 11.5 Å². The molecule has 0 saturated carbocycles. The van der Waals surface area contributed by atoms with E-state index in [1.54, 1.807) is 14.2 Å². The van der Waals surface area contributed by atoms with Gasteiger partial charge in [0.25, 0.3) is 5.91 Å². The first kappa shape index (κ1) is 23.0. The highest BCUT2D eigenvalue weighted by Gasteiger charge is 2.21. The van der Waals surface area contributed by atoms with E-state index in [1.807, 2.05) is 59.5 Å². The summed E-state index contributed by atoms with van der Waals surface area (Å²) in [5.74, 6) is 1.21.